The quantitative estimate of drug-likeness (QED) is 0.835. The third-order valence-corrected chi connectivity index (χ3v) is 6.00. The van der Waals surface area contributed by atoms with Crippen molar-refractivity contribution in [3.63, 3.8) is 0 Å². The Morgan fingerprint density at radius 2 is 2.10 bits per heavy atom. The lowest BCUT2D eigenvalue weighted by molar-refractivity contribution is -0.136. The topological polar surface area (TPSA) is 57.5 Å². The highest BCUT2D eigenvalue weighted by atomic mass is 32.2. The number of aliphatic carboxylic acids is 1. The van der Waals surface area contributed by atoms with Gasteiger partial charge >= 0.3 is 5.97 Å². The van der Waals surface area contributed by atoms with E-state index in [1.165, 1.54) is 11.1 Å². The summed E-state index contributed by atoms with van der Waals surface area (Å²) < 4.78 is 0. The van der Waals surface area contributed by atoms with Crippen molar-refractivity contribution in [3.05, 3.63) is 29.3 Å². The van der Waals surface area contributed by atoms with Gasteiger partial charge in [0.25, 0.3) is 0 Å². The van der Waals surface area contributed by atoms with Gasteiger partial charge in [-0.3, -0.25) is 4.79 Å². The molecule has 0 aliphatic heterocycles. The number of carbonyl (C=O) groups is 1. The first-order valence-electron chi connectivity index (χ1n) is 7.66. The van der Waals surface area contributed by atoms with Gasteiger partial charge in [0.15, 0.2) is 0 Å². The molecule has 0 bridgehead atoms. The van der Waals surface area contributed by atoms with Crippen LogP contribution in [0.5, 0.6) is 5.75 Å². The van der Waals surface area contributed by atoms with Gasteiger partial charge in [0, 0.05) is 11.0 Å². The highest BCUT2D eigenvalue weighted by Gasteiger charge is 2.38. The van der Waals surface area contributed by atoms with Gasteiger partial charge in [-0.2, -0.15) is 11.8 Å². The van der Waals surface area contributed by atoms with Crippen LogP contribution in [0, 0.1) is 0 Å². The Hall–Kier alpha value is -1.16. The minimum absolute atomic E-state index is 0.118. The molecule has 0 fully saturated rings. The van der Waals surface area contributed by atoms with Crippen molar-refractivity contribution in [2.75, 3.05) is 5.75 Å². The van der Waals surface area contributed by atoms with Crippen molar-refractivity contribution in [2.24, 2.45) is 0 Å². The first kappa shape index (κ1) is 16.2. The second-order valence-electron chi connectivity index (χ2n) is 5.87. The van der Waals surface area contributed by atoms with Gasteiger partial charge < -0.3 is 10.2 Å². The number of thioether (sulfide) groups is 1. The van der Waals surface area contributed by atoms with Crippen LogP contribution < -0.4 is 0 Å². The summed E-state index contributed by atoms with van der Waals surface area (Å²) in [6, 6.07) is 5.73. The molecule has 0 spiro atoms. The van der Waals surface area contributed by atoms with Crippen LogP contribution in [0.2, 0.25) is 0 Å². The summed E-state index contributed by atoms with van der Waals surface area (Å²) in [5.74, 6) is 0.301. The molecule has 1 aromatic carbocycles. The maximum absolute atomic E-state index is 10.7. The van der Waals surface area contributed by atoms with E-state index in [9.17, 15) is 9.90 Å². The molecule has 116 valence electrons. The number of fused-ring (bicyclic) bond motifs is 1. The van der Waals surface area contributed by atoms with Gasteiger partial charge in [-0.15, -0.1) is 0 Å². The summed E-state index contributed by atoms with van der Waals surface area (Å²) in [4.78, 5) is 10.7. The Balaban J connectivity index is 2.21. The van der Waals surface area contributed by atoms with Gasteiger partial charge in [0.1, 0.15) is 5.75 Å². The summed E-state index contributed by atoms with van der Waals surface area (Å²) in [7, 11) is 0. The number of carboxylic acids is 1. The van der Waals surface area contributed by atoms with Gasteiger partial charge in [0.2, 0.25) is 0 Å². The summed E-state index contributed by atoms with van der Waals surface area (Å²) in [6.45, 7) is 4.42. The van der Waals surface area contributed by atoms with Gasteiger partial charge in [0.05, 0.1) is 6.42 Å². The number of hydrogen-bond acceptors (Lipinski definition) is 3. The van der Waals surface area contributed by atoms with E-state index in [1.807, 2.05) is 12.1 Å². The maximum atomic E-state index is 10.7. The van der Waals surface area contributed by atoms with Crippen LogP contribution in [0.25, 0.3) is 0 Å². The maximum Gasteiger partial charge on any atom is 0.304 e. The molecule has 3 nitrogen and oxygen atoms in total. The van der Waals surface area contributed by atoms with Crippen LogP contribution in [-0.4, -0.2) is 27.2 Å². The second-order valence-corrected chi connectivity index (χ2v) is 7.28. The summed E-state index contributed by atoms with van der Waals surface area (Å²) in [5, 5.41) is 19.1. The molecule has 21 heavy (non-hydrogen) atoms. The van der Waals surface area contributed by atoms with Crippen LogP contribution in [0.3, 0.4) is 0 Å². The summed E-state index contributed by atoms with van der Waals surface area (Å²) in [6.07, 6.45) is 4.38. The zero-order valence-corrected chi connectivity index (χ0v) is 13.6. The summed E-state index contributed by atoms with van der Waals surface area (Å²) in [5.41, 5.74) is 2.73. The van der Waals surface area contributed by atoms with E-state index in [1.54, 1.807) is 17.8 Å². The molecule has 1 aliphatic rings. The Morgan fingerprint density at radius 1 is 1.38 bits per heavy atom. The molecule has 0 aromatic heterocycles. The van der Waals surface area contributed by atoms with Crippen LogP contribution in [0.4, 0.5) is 0 Å². The first-order valence-corrected chi connectivity index (χ1v) is 8.71. The average Bonchev–Trinajstić information content (AvgIpc) is 2.46. The van der Waals surface area contributed by atoms with Crippen molar-refractivity contribution >= 4 is 17.7 Å². The molecule has 1 unspecified atom stereocenters. The first-order chi connectivity index (χ1) is 10.0. The number of phenolic OH excluding ortho intramolecular Hbond substituents is 1. The third kappa shape index (κ3) is 3.54. The number of phenols is 1. The number of carboxylic acid groups (broad SMARTS) is 1. The molecular formula is C17H24O3S. The molecule has 0 amide bonds. The lowest BCUT2D eigenvalue weighted by atomic mass is 9.66. The Kier molecular flexibility index (Phi) is 5.20. The Labute approximate surface area is 130 Å². The monoisotopic (exact) mass is 308 g/mol. The SMILES string of the molecule is CCC1(CC)CC(SCCC(=O)O)Cc2ccc(O)cc21. The molecular weight excluding hydrogens is 284 g/mol. The fourth-order valence-electron chi connectivity index (χ4n) is 3.45. The molecule has 1 aromatic rings. The van der Waals surface area contributed by atoms with Crippen molar-refractivity contribution in [1.29, 1.82) is 0 Å². The summed E-state index contributed by atoms with van der Waals surface area (Å²) >= 11 is 1.78. The number of benzene rings is 1. The average molecular weight is 308 g/mol. The van der Waals surface area contributed by atoms with Crippen LogP contribution in [-0.2, 0) is 16.6 Å². The fraction of sp³-hybridized carbons (Fsp3) is 0.588. The van der Waals surface area contributed by atoms with E-state index in [2.05, 4.69) is 13.8 Å². The minimum atomic E-state index is -0.721. The smallest absolute Gasteiger partial charge is 0.304 e. The van der Waals surface area contributed by atoms with Gasteiger partial charge in [-0.1, -0.05) is 19.9 Å². The predicted molar refractivity (Wildman–Crippen MR) is 87.2 cm³/mol. The number of rotatable bonds is 6. The highest BCUT2D eigenvalue weighted by Crippen LogP contribution is 2.46. The largest absolute Gasteiger partial charge is 0.508 e. The van der Waals surface area contributed by atoms with E-state index in [0.29, 0.717) is 16.8 Å². The Bertz CT molecular complexity index is 509. The molecule has 0 saturated carbocycles. The van der Waals surface area contributed by atoms with Gasteiger partial charge in [-0.25, -0.2) is 0 Å². The van der Waals surface area contributed by atoms with Crippen molar-refractivity contribution in [3.8, 4) is 5.75 Å². The number of aromatic hydroxyl groups is 1. The third-order valence-electron chi connectivity index (χ3n) is 4.75. The molecule has 4 heteroatoms. The fourth-order valence-corrected chi connectivity index (χ4v) is 4.81. The predicted octanol–water partition coefficient (Wildman–Crippen LogP) is 3.97. The minimum Gasteiger partial charge on any atom is -0.508 e. The second kappa shape index (κ2) is 6.73. The number of hydrogen-bond donors (Lipinski definition) is 2. The molecule has 0 heterocycles. The van der Waals surface area contributed by atoms with Crippen LogP contribution in [0.1, 0.15) is 50.7 Å². The van der Waals surface area contributed by atoms with Gasteiger partial charge in [-0.05, 0) is 54.4 Å². The van der Waals surface area contributed by atoms with E-state index < -0.39 is 5.97 Å². The van der Waals surface area contributed by atoms with Crippen molar-refractivity contribution < 1.29 is 15.0 Å². The van der Waals surface area contributed by atoms with E-state index >= 15 is 0 Å². The zero-order chi connectivity index (χ0) is 15.5. The zero-order valence-electron chi connectivity index (χ0n) is 12.8. The normalized spacial score (nSPS) is 20.0. The van der Waals surface area contributed by atoms with E-state index in [-0.39, 0.29) is 11.8 Å². The van der Waals surface area contributed by atoms with Crippen LogP contribution >= 0.6 is 11.8 Å². The van der Waals surface area contributed by atoms with Crippen molar-refractivity contribution in [1.82, 2.24) is 0 Å². The molecule has 0 saturated heterocycles. The van der Waals surface area contributed by atoms with E-state index in [0.717, 1.165) is 25.7 Å². The van der Waals surface area contributed by atoms with E-state index in [4.69, 9.17) is 5.11 Å². The molecule has 2 N–H and O–H groups in total. The lowest BCUT2D eigenvalue weighted by Gasteiger charge is -2.41. The molecule has 1 atom stereocenters. The Morgan fingerprint density at radius 3 is 2.71 bits per heavy atom. The molecule has 0 radical (unpaired) electrons. The molecule has 2 rings (SSSR count). The van der Waals surface area contributed by atoms with Crippen molar-refractivity contribution in [2.45, 2.75) is 56.6 Å². The highest BCUT2D eigenvalue weighted by molar-refractivity contribution is 7.99. The standard InChI is InChI=1S/C17H24O3S/c1-3-17(4-2)11-14(21-8-7-16(19)20)9-12-5-6-13(18)10-15(12)17/h5-6,10,14,18H,3-4,7-9,11H2,1-2H3,(H,19,20). The van der Waals surface area contributed by atoms with Crippen LogP contribution in [0.15, 0.2) is 18.2 Å². The molecule has 1 aliphatic carbocycles. The lowest BCUT2D eigenvalue weighted by Crippen LogP contribution is -2.35.